The van der Waals surface area contributed by atoms with Crippen LogP contribution < -0.4 is 11.1 Å². The third kappa shape index (κ3) is 3.57. The van der Waals surface area contributed by atoms with Crippen molar-refractivity contribution in [2.45, 2.75) is 13.1 Å². The number of carbonyl (C=O) groups excluding carboxylic acids is 1. The minimum Gasteiger partial charge on any atom is -0.408 e. The maximum atomic E-state index is 12.1. The van der Waals surface area contributed by atoms with Gasteiger partial charge in [-0.25, -0.2) is 4.79 Å². The van der Waals surface area contributed by atoms with Crippen molar-refractivity contribution in [2.75, 3.05) is 0 Å². The van der Waals surface area contributed by atoms with E-state index in [1.165, 1.54) is 4.57 Å². The SMILES string of the molecule is O=C(Cn1c(=O)oc2cc(Cl)ccc21)NCc1cccc(Cl)c1. The van der Waals surface area contributed by atoms with Crippen LogP contribution in [0.4, 0.5) is 0 Å². The Balaban J connectivity index is 1.73. The van der Waals surface area contributed by atoms with E-state index in [4.69, 9.17) is 27.6 Å². The van der Waals surface area contributed by atoms with Crippen molar-refractivity contribution >= 4 is 40.2 Å². The average molecular weight is 351 g/mol. The molecule has 1 N–H and O–H groups in total. The molecule has 0 atom stereocenters. The third-order valence-electron chi connectivity index (χ3n) is 3.31. The van der Waals surface area contributed by atoms with Gasteiger partial charge in [0.1, 0.15) is 6.54 Å². The summed E-state index contributed by atoms with van der Waals surface area (Å²) in [6.45, 7) is 0.198. The van der Waals surface area contributed by atoms with E-state index in [2.05, 4.69) is 5.32 Å². The molecule has 118 valence electrons. The minimum absolute atomic E-state index is 0.131. The van der Waals surface area contributed by atoms with Gasteiger partial charge in [-0.05, 0) is 29.8 Å². The van der Waals surface area contributed by atoms with Crippen molar-refractivity contribution in [1.82, 2.24) is 9.88 Å². The molecule has 0 radical (unpaired) electrons. The topological polar surface area (TPSA) is 64.2 Å². The molecule has 7 heteroatoms. The summed E-state index contributed by atoms with van der Waals surface area (Å²) in [6, 6.07) is 12.0. The number of oxazole rings is 1. The Kier molecular flexibility index (Phi) is 4.41. The minimum atomic E-state index is -0.597. The highest BCUT2D eigenvalue weighted by Crippen LogP contribution is 2.18. The fourth-order valence-corrected chi connectivity index (χ4v) is 2.61. The lowest BCUT2D eigenvalue weighted by Gasteiger charge is -2.06. The second kappa shape index (κ2) is 6.48. The molecule has 3 rings (SSSR count). The Morgan fingerprint density at radius 1 is 1.13 bits per heavy atom. The van der Waals surface area contributed by atoms with E-state index in [1.54, 1.807) is 30.3 Å². The van der Waals surface area contributed by atoms with Crippen LogP contribution in [0.25, 0.3) is 11.1 Å². The number of carbonyl (C=O) groups is 1. The highest BCUT2D eigenvalue weighted by Gasteiger charge is 2.12. The molecule has 5 nitrogen and oxygen atoms in total. The Hall–Kier alpha value is -2.24. The number of amides is 1. The highest BCUT2D eigenvalue weighted by atomic mass is 35.5. The monoisotopic (exact) mass is 350 g/mol. The summed E-state index contributed by atoms with van der Waals surface area (Å²) >= 11 is 11.7. The fourth-order valence-electron chi connectivity index (χ4n) is 2.24. The zero-order valence-electron chi connectivity index (χ0n) is 11.9. The molecule has 0 bridgehead atoms. The molecule has 0 saturated heterocycles. The van der Waals surface area contributed by atoms with Gasteiger partial charge < -0.3 is 9.73 Å². The van der Waals surface area contributed by atoms with Crippen molar-refractivity contribution in [1.29, 1.82) is 0 Å². The number of fused-ring (bicyclic) bond motifs is 1. The van der Waals surface area contributed by atoms with E-state index in [1.807, 2.05) is 12.1 Å². The number of nitrogens with zero attached hydrogens (tertiary/aromatic N) is 1. The molecule has 0 fully saturated rings. The molecule has 3 aromatic rings. The number of aromatic nitrogens is 1. The maximum Gasteiger partial charge on any atom is 0.420 e. The molecular formula is C16H12Cl2N2O3. The van der Waals surface area contributed by atoms with Gasteiger partial charge in [-0.1, -0.05) is 35.3 Å². The van der Waals surface area contributed by atoms with Crippen LogP contribution in [-0.4, -0.2) is 10.5 Å². The van der Waals surface area contributed by atoms with Gasteiger partial charge in [-0.3, -0.25) is 9.36 Å². The normalized spacial score (nSPS) is 10.9. The predicted octanol–water partition coefficient (Wildman–Crippen LogP) is 3.22. The molecule has 1 amide bonds. The Morgan fingerprint density at radius 2 is 1.91 bits per heavy atom. The predicted molar refractivity (Wildman–Crippen MR) is 88.8 cm³/mol. The van der Waals surface area contributed by atoms with Gasteiger partial charge in [0.25, 0.3) is 0 Å². The Labute approximate surface area is 141 Å². The molecule has 0 aliphatic carbocycles. The summed E-state index contributed by atoms with van der Waals surface area (Å²) in [5.41, 5.74) is 1.75. The van der Waals surface area contributed by atoms with Gasteiger partial charge in [-0.2, -0.15) is 0 Å². The highest BCUT2D eigenvalue weighted by molar-refractivity contribution is 6.31. The summed E-state index contributed by atoms with van der Waals surface area (Å²) in [4.78, 5) is 23.9. The molecule has 0 unspecified atom stereocenters. The van der Waals surface area contributed by atoms with E-state index < -0.39 is 5.76 Å². The summed E-state index contributed by atoms with van der Waals surface area (Å²) < 4.78 is 6.35. The molecule has 23 heavy (non-hydrogen) atoms. The standard InChI is InChI=1S/C16H12Cl2N2O3/c17-11-3-1-2-10(6-11)8-19-15(21)9-20-13-5-4-12(18)7-14(13)23-16(20)22/h1-7H,8-9H2,(H,19,21). The molecule has 1 aromatic heterocycles. The fraction of sp³-hybridized carbons (Fsp3) is 0.125. The molecule has 0 saturated carbocycles. The van der Waals surface area contributed by atoms with Crippen LogP contribution >= 0.6 is 23.2 Å². The first kappa shape index (κ1) is 15.6. The van der Waals surface area contributed by atoms with E-state index in [-0.39, 0.29) is 12.5 Å². The van der Waals surface area contributed by atoms with Crippen molar-refractivity contribution < 1.29 is 9.21 Å². The van der Waals surface area contributed by atoms with Crippen LogP contribution in [0.15, 0.2) is 51.7 Å². The zero-order chi connectivity index (χ0) is 16.4. The number of nitrogens with one attached hydrogen (secondary N) is 1. The second-order valence-corrected chi connectivity index (χ2v) is 5.85. The molecular weight excluding hydrogens is 339 g/mol. The van der Waals surface area contributed by atoms with Crippen LogP contribution in [-0.2, 0) is 17.9 Å². The van der Waals surface area contributed by atoms with E-state index in [0.29, 0.717) is 27.7 Å². The summed E-state index contributed by atoms with van der Waals surface area (Å²) in [6.07, 6.45) is 0. The van der Waals surface area contributed by atoms with Gasteiger partial charge in [0.15, 0.2) is 5.58 Å². The van der Waals surface area contributed by atoms with Crippen molar-refractivity contribution in [3.63, 3.8) is 0 Å². The van der Waals surface area contributed by atoms with Crippen molar-refractivity contribution in [3.05, 3.63) is 68.6 Å². The summed E-state index contributed by atoms with van der Waals surface area (Å²) in [5.74, 6) is -0.898. The summed E-state index contributed by atoms with van der Waals surface area (Å²) in [7, 11) is 0. The van der Waals surface area contributed by atoms with E-state index in [9.17, 15) is 9.59 Å². The number of hydrogen-bond donors (Lipinski definition) is 1. The first-order valence-corrected chi connectivity index (χ1v) is 7.58. The largest absolute Gasteiger partial charge is 0.420 e. The van der Waals surface area contributed by atoms with E-state index >= 15 is 0 Å². The van der Waals surface area contributed by atoms with Gasteiger partial charge in [0.2, 0.25) is 5.91 Å². The smallest absolute Gasteiger partial charge is 0.408 e. The Morgan fingerprint density at radius 3 is 2.70 bits per heavy atom. The second-order valence-electron chi connectivity index (χ2n) is 4.97. The average Bonchev–Trinajstić information content (AvgIpc) is 2.80. The number of rotatable bonds is 4. The lowest BCUT2D eigenvalue weighted by atomic mass is 10.2. The summed E-state index contributed by atoms with van der Waals surface area (Å²) in [5, 5.41) is 3.81. The Bertz CT molecular complexity index is 930. The quantitative estimate of drug-likeness (QED) is 0.785. The lowest BCUT2D eigenvalue weighted by molar-refractivity contribution is -0.121. The molecule has 0 aliphatic heterocycles. The van der Waals surface area contributed by atoms with Gasteiger partial charge in [-0.15, -0.1) is 0 Å². The molecule has 1 heterocycles. The molecule has 0 spiro atoms. The third-order valence-corrected chi connectivity index (χ3v) is 3.78. The van der Waals surface area contributed by atoms with Crippen LogP contribution in [0.2, 0.25) is 10.0 Å². The first-order chi connectivity index (χ1) is 11.0. The lowest BCUT2D eigenvalue weighted by Crippen LogP contribution is -2.30. The van der Waals surface area contributed by atoms with Gasteiger partial charge >= 0.3 is 5.76 Å². The van der Waals surface area contributed by atoms with Crippen molar-refractivity contribution in [3.8, 4) is 0 Å². The van der Waals surface area contributed by atoms with Gasteiger partial charge in [0.05, 0.1) is 5.52 Å². The molecule has 2 aromatic carbocycles. The first-order valence-electron chi connectivity index (χ1n) is 6.83. The van der Waals surface area contributed by atoms with Crippen LogP contribution in [0.5, 0.6) is 0 Å². The zero-order valence-corrected chi connectivity index (χ0v) is 13.4. The maximum absolute atomic E-state index is 12.1. The van der Waals surface area contributed by atoms with Crippen LogP contribution in [0.3, 0.4) is 0 Å². The number of hydrogen-bond acceptors (Lipinski definition) is 3. The van der Waals surface area contributed by atoms with Gasteiger partial charge in [0, 0.05) is 22.7 Å². The molecule has 0 aliphatic rings. The van der Waals surface area contributed by atoms with E-state index in [0.717, 1.165) is 5.56 Å². The van der Waals surface area contributed by atoms with Crippen LogP contribution in [0.1, 0.15) is 5.56 Å². The number of halogens is 2. The van der Waals surface area contributed by atoms with Crippen molar-refractivity contribution in [2.24, 2.45) is 0 Å². The number of benzene rings is 2. The van der Waals surface area contributed by atoms with Crippen LogP contribution in [0, 0.1) is 0 Å².